The van der Waals surface area contributed by atoms with Gasteiger partial charge in [-0.15, -0.1) is 0 Å². The molecule has 2 rings (SSSR count). The first kappa shape index (κ1) is 19.1. The molecule has 0 aromatic heterocycles. The first-order valence-electron chi connectivity index (χ1n) is 7.32. The highest BCUT2D eigenvalue weighted by Gasteiger charge is 2.19. The third-order valence-electron chi connectivity index (χ3n) is 3.60. The topological polar surface area (TPSA) is 46.6 Å². The summed E-state index contributed by atoms with van der Waals surface area (Å²) < 4.78 is 30.3. The molecule has 0 saturated heterocycles. The second-order valence-corrected chi connectivity index (χ2v) is 8.36. The summed E-state index contributed by atoms with van der Waals surface area (Å²) in [5.74, 6) is 0.740. The highest BCUT2D eigenvalue weighted by atomic mass is 35.5. The molecule has 0 radical (unpaired) electrons. The van der Waals surface area contributed by atoms with Crippen molar-refractivity contribution in [3.8, 4) is 5.75 Å². The Labute approximate surface area is 152 Å². The van der Waals surface area contributed by atoms with Crippen LogP contribution in [0.5, 0.6) is 5.75 Å². The zero-order valence-corrected chi connectivity index (χ0v) is 15.8. The van der Waals surface area contributed by atoms with Crippen LogP contribution in [0.2, 0.25) is 10.0 Å². The summed E-state index contributed by atoms with van der Waals surface area (Å²) in [7, 11) is -0.0276. The number of rotatable bonds is 7. The van der Waals surface area contributed by atoms with Gasteiger partial charge in [-0.1, -0.05) is 41.4 Å². The standard InChI is InChI=1S/C17H19Cl2NO3S/c1-20(12-13-5-3-4-6-16(13)23-2)9-10-24(21,22)17-11-14(18)7-8-15(17)19/h3-8,11H,9-10,12H2,1-2H3. The van der Waals surface area contributed by atoms with Gasteiger partial charge in [-0.25, -0.2) is 8.42 Å². The molecule has 0 unspecified atom stereocenters. The molecule has 0 fully saturated rings. The van der Waals surface area contributed by atoms with Gasteiger partial charge < -0.3 is 9.64 Å². The monoisotopic (exact) mass is 387 g/mol. The molecule has 2 aromatic rings. The quantitative estimate of drug-likeness (QED) is 0.722. The van der Waals surface area contributed by atoms with Crippen LogP contribution in [-0.4, -0.2) is 39.8 Å². The molecular weight excluding hydrogens is 369 g/mol. The summed E-state index contributed by atoms with van der Waals surface area (Å²) in [4.78, 5) is 2.00. The fraction of sp³-hybridized carbons (Fsp3) is 0.294. The third-order valence-corrected chi connectivity index (χ3v) is 6.01. The van der Waals surface area contributed by atoms with E-state index in [0.29, 0.717) is 18.1 Å². The van der Waals surface area contributed by atoms with Crippen LogP contribution >= 0.6 is 23.2 Å². The molecule has 0 saturated carbocycles. The Hall–Kier alpha value is -1.27. The molecule has 0 spiro atoms. The van der Waals surface area contributed by atoms with Crippen LogP contribution in [0.15, 0.2) is 47.4 Å². The molecule has 24 heavy (non-hydrogen) atoms. The van der Waals surface area contributed by atoms with E-state index < -0.39 is 9.84 Å². The predicted molar refractivity (Wildman–Crippen MR) is 97.8 cm³/mol. The van der Waals surface area contributed by atoms with Gasteiger partial charge in [0.05, 0.1) is 22.8 Å². The Morgan fingerprint density at radius 1 is 1.12 bits per heavy atom. The van der Waals surface area contributed by atoms with Crippen molar-refractivity contribution in [2.75, 3.05) is 26.5 Å². The van der Waals surface area contributed by atoms with E-state index in [1.54, 1.807) is 13.2 Å². The number of nitrogens with zero attached hydrogens (tertiary/aromatic N) is 1. The lowest BCUT2D eigenvalue weighted by atomic mass is 10.2. The van der Waals surface area contributed by atoms with Crippen LogP contribution < -0.4 is 4.74 Å². The number of hydrogen-bond acceptors (Lipinski definition) is 4. The predicted octanol–water partition coefficient (Wildman–Crippen LogP) is 3.91. The summed E-state index contributed by atoms with van der Waals surface area (Å²) in [6.45, 7) is 0.950. The molecule has 2 aromatic carbocycles. The smallest absolute Gasteiger partial charge is 0.181 e. The van der Waals surface area contributed by atoms with Gasteiger partial charge in [-0.05, 0) is 31.3 Å². The first-order valence-corrected chi connectivity index (χ1v) is 9.72. The maximum absolute atomic E-state index is 12.5. The van der Waals surface area contributed by atoms with Gasteiger partial charge in [0.25, 0.3) is 0 Å². The normalized spacial score (nSPS) is 11.7. The molecule has 0 heterocycles. The molecule has 0 aliphatic rings. The van der Waals surface area contributed by atoms with Crippen molar-refractivity contribution in [3.05, 3.63) is 58.1 Å². The Kier molecular flexibility index (Phi) is 6.52. The molecule has 0 N–H and O–H groups in total. The van der Waals surface area contributed by atoms with E-state index in [9.17, 15) is 8.42 Å². The van der Waals surface area contributed by atoms with Crippen molar-refractivity contribution in [1.82, 2.24) is 4.90 Å². The van der Waals surface area contributed by atoms with E-state index in [2.05, 4.69) is 0 Å². The molecule has 0 bridgehead atoms. The lowest BCUT2D eigenvalue weighted by Gasteiger charge is -2.18. The molecule has 4 nitrogen and oxygen atoms in total. The van der Waals surface area contributed by atoms with E-state index in [4.69, 9.17) is 27.9 Å². The molecule has 0 amide bonds. The van der Waals surface area contributed by atoms with Crippen LogP contribution in [-0.2, 0) is 16.4 Å². The fourth-order valence-electron chi connectivity index (χ4n) is 2.30. The number of para-hydroxylation sites is 1. The summed E-state index contributed by atoms with van der Waals surface area (Å²) in [5, 5.41) is 0.534. The van der Waals surface area contributed by atoms with Crippen LogP contribution in [0.25, 0.3) is 0 Å². The number of hydrogen-bond donors (Lipinski definition) is 0. The fourth-order valence-corrected chi connectivity index (χ4v) is 4.46. The summed E-state index contributed by atoms with van der Waals surface area (Å²) in [6.07, 6.45) is 0. The number of halogens is 2. The lowest BCUT2D eigenvalue weighted by molar-refractivity contribution is 0.333. The lowest BCUT2D eigenvalue weighted by Crippen LogP contribution is -2.25. The first-order chi connectivity index (χ1) is 11.3. The van der Waals surface area contributed by atoms with E-state index in [1.807, 2.05) is 36.2 Å². The van der Waals surface area contributed by atoms with Gasteiger partial charge in [0.2, 0.25) is 0 Å². The highest BCUT2D eigenvalue weighted by molar-refractivity contribution is 7.91. The summed E-state index contributed by atoms with van der Waals surface area (Å²) >= 11 is 11.9. The Bertz CT molecular complexity index is 809. The van der Waals surface area contributed by atoms with Gasteiger partial charge in [0.15, 0.2) is 9.84 Å². The van der Waals surface area contributed by atoms with Crippen molar-refractivity contribution in [2.24, 2.45) is 0 Å². The second-order valence-electron chi connectivity index (χ2n) is 5.44. The van der Waals surface area contributed by atoms with E-state index >= 15 is 0 Å². The van der Waals surface area contributed by atoms with Gasteiger partial charge in [0, 0.05) is 23.7 Å². The Balaban J connectivity index is 2.05. The van der Waals surface area contributed by atoms with Crippen molar-refractivity contribution in [2.45, 2.75) is 11.4 Å². The maximum Gasteiger partial charge on any atom is 0.181 e. The van der Waals surface area contributed by atoms with E-state index in [0.717, 1.165) is 11.3 Å². The molecule has 7 heteroatoms. The van der Waals surface area contributed by atoms with Crippen molar-refractivity contribution >= 4 is 33.0 Å². The van der Waals surface area contributed by atoms with Gasteiger partial charge in [-0.2, -0.15) is 0 Å². The van der Waals surface area contributed by atoms with Gasteiger partial charge in [0.1, 0.15) is 5.75 Å². The van der Waals surface area contributed by atoms with Crippen molar-refractivity contribution in [3.63, 3.8) is 0 Å². The minimum absolute atomic E-state index is 0.0429. The van der Waals surface area contributed by atoms with Crippen LogP contribution in [0.3, 0.4) is 0 Å². The molecule has 130 valence electrons. The maximum atomic E-state index is 12.5. The number of sulfone groups is 1. The molecule has 0 aliphatic carbocycles. The second kappa shape index (κ2) is 8.21. The average molecular weight is 388 g/mol. The summed E-state index contributed by atoms with van der Waals surface area (Å²) in [5.41, 5.74) is 1.00. The van der Waals surface area contributed by atoms with Crippen molar-refractivity contribution in [1.29, 1.82) is 0 Å². The summed E-state index contributed by atoms with van der Waals surface area (Å²) in [6, 6.07) is 12.1. The van der Waals surface area contributed by atoms with E-state index in [-0.39, 0.29) is 15.7 Å². The third kappa shape index (κ3) is 4.86. The Morgan fingerprint density at radius 3 is 2.54 bits per heavy atom. The van der Waals surface area contributed by atoms with Crippen molar-refractivity contribution < 1.29 is 13.2 Å². The van der Waals surface area contributed by atoms with E-state index in [1.165, 1.54) is 12.1 Å². The number of methoxy groups -OCH3 is 1. The molecule has 0 atom stereocenters. The minimum Gasteiger partial charge on any atom is -0.496 e. The average Bonchev–Trinajstić information content (AvgIpc) is 2.56. The van der Waals surface area contributed by atoms with Gasteiger partial charge in [-0.3, -0.25) is 0 Å². The SMILES string of the molecule is COc1ccccc1CN(C)CCS(=O)(=O)c1cc(Cl)ccc1Cl. The zero-order valence-electron chi connectivity index (χ0n) is 13.5. The molecule has 0 aliphatic heterocycles. The molecular formula is C17H19Cl2NO3S. The largest absolute Gasteiger partial charge is 0.496 e. The minimum atomic E-state index is -3.51. The highest BCUT2D eigenvalue weighted by Crippen LogP contribution is 2.26. The van der Waals surface area contributed by atoms with Crippen LogP contribution in [0.4, 0.5) is 0 Å². The van der Waals surface area contributed by atoms with Crippen LogP contribution in [0.1, 0.15) is 5.56 Å². The number of ether oxygens (including phenoxy) is 1. The number of benzene rings is 2. The zero-order chi connectivity index (χ0) is 17.7. The van der Waals surface area contributed by atoms with Gasteiger partial charge >= 0.3 is 0 Å². The van der Waals surface area contributed by atoms with Crippen LogP contribution in [0, 0.1) is 0 Å². The Morgan fingerprint density at radius 2 is 1.83 bits per heavy atom.